The Morgan fingerprint density at radius 2 is 2.04 bits per heavy atom. The average molecular weight is 379 g/mol. The summed E-state index contributed by atoms with van der Waals surface area (Å²) in [6, 6.07) is 13.8. The Hall–Kier alpha value is -3.02. The van der Waals surface area contributed by atoms with Crippen LogP contribution in [0.2, 0.25) is 0 Å². The summed E-state index contributed by atoms with van der Waals surface area (Å²) in [5, 5.41) is 0. The zero-order valence-electron chi connectivity index (χ0n) is 16.3. The van der Waals surface area contributed by atoms with Gasteiger partial charge in [-0.1, -0.05) is 12.1 Å². The number of hydrogen-bond acceptors (Lipinski definition) is 4. The minimum absolute atomic E-state index is 0.0251. The van der Waals surface area contributed by atoms with E-state index in [0.29, 0.717) is 13.0 Å². The third-order valence-electron chi connectivity index (χ3n) is 5.46. The fourth-order valence-electron chi connectivity index (χ4n) is 4.04. The van der Waals surface area contributed by atoms with E-state index in [1.54, 1.807) is 14.2 Å². The summed E-state index contributed by atoms with van der Waals surface area (Å²) in [5.74, 6) is 1.73. The Bertz CT molecular complexity index is 982. The fourth-order valence-corrected chi connectivity index (χ4v) is 4.04. The molecule has 1 fully saturated rings. The lowest BCUT2D eigenvalue weighted by Crippen LogP contribution is -2.31. The Balaban J connectivity index is 1.51. The van der Waals surface area contributed by atoms with Crippen molar-refractivity contribution < 1.29 is 14.3 Å². The molecule has 2 aromatic carbocycles. The number of ether oxygens (including phenoxy) is 2. The lowest BCUT2D eigenvalue weighted by Gasteiger charge is -2.27. The van der Waals surface area contributed by atoms with E-state index in [4.69, 9.17) is 9.47 Å². The van der Waals surface area contributed by atoms with Gasteiger partial charge >= 0.3 is 0 Å². The first-order valence-corrected chi connectivity index (χ1v) is 9.62. The van der Waals surface area contributed by atoms with E-state index >= 15 is 0 Å². The van der Waals surface area contributed by atoms with Crippen LogP contribution in [-0.2, 0) is 11.3 Å². The van der Waals surface area contributed by atoms with E-state index in [0.717, 1.165) is 47.5 Å². The van der Waals surface area contributed by atoms with Crippen LogP contribution in [0.5, 0.6) is 11.5 Å². The topological polar surface area (TPSA) is 56.6 Å². The smallest absolute Gasteiger partial charge is 0.224 e. The predicted molar refractivity (Wildman–Crippen MR) is 108 cm³/mol. The van der Waals surface area contributed by atoms with Crippen LogP contribution < -0.4 is 9.47 Å². The third kappa shape index (κ3) is 3.42. The summed E-state index contributed by atoms with van der Waals surface area (Å²) in [6.45, 7) is 1.40. The van der Waals surface area contributed by atoms with Gasteiger partial charge in [0.15, 0.2) is 0 Å². The van der Waals surface area contributed by atoms with Crippen molar-refractivity contribution in [2.45, 2.75) is 31.8 Å². The van der Waals surface area contributed by atoms with Crippen molar-refractivity contribution >= 4 is 16.9 Å². The number of fused-ring (bicyclic) bond motifs is 1. The Morgan fingerprint density at radius 3 is 2.86 bits per heavy atom. The molecule has 0 bridgehead atoms. The number of aromatic nitrogens is 2. The van der Waals surface area contributed by atoms with Crippen molar-refractivity contribution in [3.05, 3.63) is 54.4 Å². The quantitative estimate of drug-likeness (QED) is 0.654. The minimum Gasteiger partial charge on any atom is -0.497 e. The first-order chi connectivity index (χ1) is 13.7. The monoisotopic (exact) mass is 379 g/mol. The van der Waals surface area contributed by atoms with E-state index in [1.807, 2.05) is 58.3 Å². The van der Waals surface area contributed by atoms with E-state index < -0.39 is 0 Å². The maximum absolute atomic E-state index is 13.0. The molecule has 1 atom stereocenters. The number of hydrogen-bond donors (Lipinski definition) is 0. The van der Waals surface area contributed by atoms with E-state index in [1.165, 1.54) is 0 Å². The van der Waals surface area contributed by atoms with Crippen molar-refractivity contribution in [3.63, 3.8) is 0 Å². The minimum atomic E-state index is 0.0251. The Morgan fingerprint density at radius 1 is 1.18 bits per heavy atom. The number of likely N-dealkylation sites (tertiary alicyclic amines) is 1. The van der Waals surface area contributed by atoms with Gasteiger partial charge in [0, 0.05) is 25.1 Å². The molecule has 1 aliphatic heterocycles. The number of nitrogens with zero attached hydrogens (tertiary/aromatic N) is 3. The molecule has 1 aliphatic rings. The van der Waals surface area contributed by atoms with Gasteiger partial charge in [0.25, 0.3) is 0 Å². The summed E-state index contributed by atoms with van der Waals surface area (Å²) in [4.78, 5) is 19.4. The molecule has 2 heterocycles. The van der Waals surface area contributed by atoms with Crippen LogP contribution in [0.4, 0.5) is 0 Å². The molecule has 1 saturated heterocycles. The molecule has 6 heteroatoms. The molecule has 1 aromatic heterocycles. The second-order valence-corrected chi connectivity index (χ2v) is 7.03. The highest BCUT2D eigenvalue weighted by Gasteiger charge is 2.32. The van der Waals surface area contributed by atoms with E-state index in [2.05, 4.69) is 4.98 Å². The highest BCUT2D eigenvalue weighted by Crippen LogP contribution is 2.39. The zero-order valence-corrected chi connectivity index (χ0v) is 16.3. The van der Waals surface area contributed by atoms with Crippen molar-refractivity contribution in [2.75, 3.05) is 20.8 Å². The summed E-state index contributed by atoms with van der Waals surface area (Å²) < 4.78 is 13.0. The molecule has 146 valence electrons. The van der Waals surface area contributed by atoms with Crippen LogP contribution in [0, 0.1) is 0 Å². The van der Waals surface area contributed by atoms with Gasteiger partial charge < -0.3 is 18.9 Å². The molecular formula is C22H25N3O3. The van der Waals surface area contributed by atoms with Gasteiger partial charge in [0.05, 0.1) is 37.6 Å². The number of rotatable bonds is 6. The third-order valence-corrected chi connectivity index (χ3v) is 5.46. The number of carbonyl (C=O) groups is 1. The zero-order chi connectivity index (χ0) is 19.5. The molecule has 1 unspecified atom stereocenters. The highest BCUT2D eigenvalue weighted by atomic mass is 16.5. The number of benzene rings is 2. The van der Waals surface area contributed by atoms with Crippen LogP contribution in [-0.4, -0.2) is 41.1 Å². The molecule has 4 rings (SSSR count). The van der Waals surface area contributed by atoms with Crippen LogP contribution in [0.15, 0.2) is 48.8 Å². The van der Waals surface area contributed by atoms with Crippen molar-refractivity contribution in [3.8, 4) is 11.5 Å². The number of methoxy groups -OCH3 is 2. The van der Waals surface area contributed by atoms with Gasteiger partial charge in [-0.2, -0.15) is 0 Å². The molecule has 28 heavy (non-hydrogen) atoms. The summed E-state index contributed by atoms with van der Waals surface area (Å²) in [7, 11) is 3.31. The molecule has 3 aromatic rings. The highest BCUT2D eigenvalue weighted by molar-refractivity contribution is 5.78. The van der Waals surface area contributed by atoms with E-state index in [9.17, 15) is 4.79 Å². The molecule has 1 amide bonds. The van der Waals surface area contributed by atoms with Crippen molar-refractivity contribution in [2.24, 2.45) is 0 Å². The van der Waals surface area contributed by atoms with Gasteiger partial charge in [-0.25, -0.2) is 4.98 Å². The fraction of sp³-hybridized carbons (Fsp3) is 0.364. The molecule has 0 N–H and O–H groups in total. The largest absolute Gasteiger partial charge is 0.497 e. The van der Waals surface area contributed by atoms with Crippen molar-refractivity contribution in [1.29, 1.82) is 0 Å². The number of carbonyl (C=O) groups excluding carboxylic acids is 1. The summed E-state index contributed by atoms with van der Waals surface area (Å²) in [5.41, 5.74) is 3.03. The Labute approximate surface area is 164 Å². The molecule has 0 aliphatic carbocycles. The lowest BCUT2D eigenvalue weighted by molar-refractivity contribution is -0.132. The SMILES string of the molecule is COc1ccc(OC)c(C2CCCN2C(=O)CCn2cnc3ccccc32)c1. The summed E-state index contributed by atoms with van der Waals surface area (Å²) >= 11 is 0. The number of imidazole rings is 1. The number of amides is 1. The van der Waals surface area contributed by atoms with Crippen LogP contribution in [0.25, 0.3) is 11.0 Å². The van der Waals surface area contributed by atoms with Gasteiger partial charge in [0.1, 0.15) is 11.5 Å². The van der Waals surface area contributed by atoms with Gasteiger partial charge in [-0.15, -0.1) is 0 Å². The molecule has 0 spiro atoms. The van der Waals surface area contributed by atoms with Crippen LogP contribution in [0.1, 0.15) is 30.9 Å². The normalized spacial score (nSPS) is 16.5. The summed E-state index contributed by atoms with van der Waals surface area (Å²) in [6.07, 6.45) is 4.18. The Kier molecular flexibility index (Phi) is 5.19. The van der Waals surface area contributed by atoms with Gasteiger partial charge in [-0.3, -0.25) is 4.79 Å². The van der Waals surface area contributed by atoms with Gasteiger partial charge in [-0.05, 0) is 43.2 Å². The standard InChI is InChI=1S/C22H25N3O3/c1-27-16-9-10-21(28-2)17(14-16)19-8-5-12-25(19)22(26)11-13-24-15-23-18-6-3-4-7-20(18)24/h3-4,6-7,9-10,14-15,19H,5,8,11-13H2,1-2H3. The van der Waals surface area contributed by atoms with Crippen LogP contribution >= 0.6 is 0 Å². The number of para-hydroxylation sites is 2. The second kappa shape index (κ2) is 7.92. The van der Waals surface area contributed by atoms with Gasteiger partial charge in [0.2, 0.25) is 5.91 Å². The first kappa shape index (κ1) is 18.3. The van der Waals surface area contributed by atoms with Crippen molar-refractivity contribution in [1.82, 2.24) is 14.5 Å². The maximum atomic E-state index is 13.0. The van der Waals surface area contributed by atoms with E-state index in [-0.39, 0.29) is 11.9 Å². The second-order valence-electron chi connectivity index (χ2n) is 7.03. The lowest BCUT2D eigenvalue weighted by atomic mass is 10.0. The predicted octanol–water partition coefficient (Wildman–Crippen LogP) is 3.81. The molecule has 0 saturated carbocycles. The average Bonchev–Trinajstić information content (AvgIpc) is 3.39. The molecular weight excluding hydrogens is 354 g/mol. The molecule has 0 radical (unpaired) electrons. The molecule has 6 nitrogen and oxygen atoms in total. The maximum Gasteiger partial charge on any atom is 0.224 e. The number of aryl methyl sites for hydroxylation is 1. The van der Waals surface area contributed by atoms with Crippen LogP contribution in [0.3, 0.4) is 0 Å². The first-order valence-electron chi connectivity index (χ1n) is 9.62.